The van der Waals surface area contributed by atoms with Crippen LogP contribution in [0.5, 0.6) is 0 Å². The molecule has 1 aromatic carbocycles. The lowest BCUT2D eigenvalue weighted by Gasteiger charge is -2.47. The molecule has 0 bridgehead atoms. The number of aromatic amines is 1. The molecule has 2 aromatic rings. The summed E-state index contributed by atoms with van der Waals surface area (Å²) in [7, 11) is 0. The fourth-order valence-corrected chi connectivity index (χ4v) is 3.08. The first-order valence-electron chi connectivity index (χ1n) is 6.75. The van der Waals surface area contributed by atoms with Crippen molar-refractivity contribution in [2.75, 3.05) is 13.1 Å². The molecule has 4 rings (SSSR count). The van der Waals surface area contributed by atoms with Crippen LogP contribution in [0.25, 0.3) is 10.9 Å². The van der Waals surface area contributed by atoms with E-state index in [1.54, 1.807) is 4.90 Å². The summed E-state index contributed by atoms with van der Waals surface area (Å²) < 4.78 is 0. The van der Waals surface area contributed by atoms with Gasteiger partial charge < -0.3 is 15.0 Å². The van der Waals surface area contributed by atoms with Crippen LogP contribution in [0.3, 0.4) is 0 Å². The Morgan fingerprint density at radius 1 is 1.32 bits per heavy atom. The number of likely N-dealkylation sites (tertiary alicyclic amines) is 1. The van der Waals surface area contributed by atoms with Gasteiger partial charge in [-0.15, -0.1) is 0 Å². The number of amides is 1. The van der Waals surface area contributed by atoms with Gasteiger partial charge in [-0.3, -0.25) is 4.79 Å². The number of aromatic nitrogens is 1. The summed E-state index contributed by atoms with van der Waals surface area (Å²) in [6.07, 6.45) is 4.05. The predicted octanol–water partition coefficient (Wildman–Crippen LogP) is 1.76. The monoisotopic (exact) mass is 256 g/mol. The van der Waals surface area contributed by atoms with Crippen LogP contribution < -0.4 is 0 Å². The Hall–Kier alpha value is -1.81. The maximum Gasteiger partial charge on any atom is 0.254 e. The average Bonchev–Trinajstić information content (AvgIpc) is 3.12. The summed E-state index contributed by atoms with van der Waals surface area (Å²) in [4.78, 5) is 17.3. The zero-order valence-electron chi connectivity index (χ0n) is 10.6. The quantitative estimate of drug-likeness (QED) is 0.860. The topological polar surface area (TPSA) is 56.3 Å². The maximum absolute atomic E-state index is 12.5. The van der Waals surface area contributed by atoms with Gasteiger partial charge in [0.15, 0.2) is 0 Å². The van der Waals surface area contributed by atoms with E-state index >= 15 is 0 Å². The number of benzene rings is 1. The zero-order valence-corrected chi connectivity index (χ0v) is 10.6. The van der Waals surface area contributed by atoms with Crippen molar-refractivity contribution in [1.29, 1.82) is 0 Å². The number of hydrogen-bond donors (Lipinski definition) is 2. The van der Waals surface area contributed by atoms with Crippen LogP contribution >= 0.6 is 0 Å². The number of nitrogens with zero attached hydrogens (tertiary/aromatic N) is 1. The summed E-state index contributed by atoms with van der Waals surface area (Å²) in [5.74, 6) is 0.440. The van der Waals surface area contributed by atoms with Crippen LogP contribution in [-0.2, 0) is 0 Å². The van der Waals surface area contributed by atoms with E-state index < -0.39 is 5.60 Å². The van der Waals surface area contributed by atoms with E-state index in [4.69, 9.17) is 0 Å². The highest BCUT2D eigenvalue weighted by atomic mass is 16.3. The van der Waals surface area contributed by atoms with Crippen molar-refractivity contribution in [3.8, 4) is 0 Å². The van der Waals surface area contributed by atoms with Crippen molar-refractivity contribution >= 4 is 16.8 Å². The second kappa shape index (κ2) is 3.61. The van der Waals surface area contributed by atoms with Crippen LogP contribution in [0.1, 0.15) is 23.2 Å². The van der Waals surface area contributed by atoms with Gasteiger partial charge in [-0.2, -0.15) is 0 Å². The van der Waals surface area contributed by atoms with Crippen molar-refractivity contribution in [1.82, 2.24) is 9.88 Å². The normalized spacial score (nSPS) is 21.4. The summed E-state index contributed by atoms with van der Waals surface area (Å²) in [5, 5.41) is 11.2. The molecule has 0 spiro atoms. The number of aliphatic hydroxyl groups is 1. The molecule has 4 heteroatoms. The van der Waals surface area contributed by atoms with E-state index in [9.17, 15) is 9.90 Å². The number of nitrogens with one attached hydrogen (secondary N) is 1. The molecular weight excluding hydrogens is 240 g/mol. The number of hydrogen-bond acceptors (Lipinski definition) is 2. The lowest BCUT2D eigenvalue weighted by Crippen LogP contribution is -2.64. The Kier molecular flexibility index (Phi) is 2.10. The summed E-state index contributed by atoms with van der Waals surface area (Å²) >= 11 is 0. The molecule has 1 saturated carbocycles. The second-order valence-electron chi connectivity index (χ2n) is 5.78. The van der Waals surface area contributed by atoms with E-state index in [0.29, 0.717) is 19.0 Å². The molecule has 1 aromatic heterocycles. The fourth-order valence-electron chi connectivity index (χ4n) is 3.08. The average molecular weight is 256 g/mol. The van der Waals surface area contributed by atoms with Gasteiger partial charge in [-0.05, 0) is 37.0 Å². The van der Waals surface area contributed by atoms with Gasteiger partial charge >= 0.3 is 0 Å². The molecule has 0 unspecified atom stereocenters. The van der Waals surface area contributed by atoms with Crippen LogP contribution in [0.4, 0.5) is 0 Å². The third-order valence-electron chi connectivity index (χ3n) is 4.38. The van der Waals surface area contributed by atoms with Gasteiger partial charge in [0.1, 0.15) is 5.60 Å². The third kappa shape index (κ3) is 1.60. The first-order chi connectivity index (χ1) is 9.17. The minimum absolute atomic E-state index is 0.0236. The molecule has 0 atom stereocenters. The van der Waals surface area contributed by atoms with Crippen molar-refractivity contribution in [3.05, 3.63) is 36.0 Å². The highest BCUT2D eigenvalue weighted by Gasteiger charge is 2.53. The first-order valence-corrected chi connectivity index (χ1v) is 6.75. The number of fused-ring (bicyclic) bond motifs is 1. The lowest BCUT2D eigenvalue weighted by molar-refractivity contribution is -0.0957. The van der Waals surface area contributed by atoms with Crippen molar-refractivity contribution < 1.29 is 9.90 Å². The van der Waals surface area contributed by atoms with Gasteiger partial charge in [-0.1, -0.05) is 6.07 Å². The molecule has 2 N–H and O–H groups in total. The van der Waals surface area contributed by atoms with Crippen LogP contribution in [0.2, 0.25) is 0 Å². The molecule has 1 aliphatic carbocycles. The van der Waals surface area contributed by atoms with Crippen LogP contribution in [-0.4, -0.2) is 39.6 Å². The number of carbonyl (C=O) groups is 1. The number of rotatable bonds is 2. The van der Waals surface area contributed by atoms with Crippen LogP contribution in [0.15, 0.2) is 30.5 Å². The number of carbonyl (C=O) groups excluding carboxylic acids is 1. The van der Waals surface area contributed by atoms with Crippen molar-refractivity contribution in [2.45, 2.75) is 18.4 Å². The molecule has 98 valence electrons. The second-order valence-corrected chi connectivity index (χ2v) is 5.78. The third-order valence-corrected chi connectivity index (χ3v) is 4.38. The van der Waals surface area contributed by atoms with E-state index in [1.807, 2.05) is 30.5 Å². The Labute approximate surface area is 111 Å². The standard InChI is InChI=1S/C15H16N2O2/c18-14(17-8-15(19,9-17)10-4-5-10)12-2-1-3-13-11(12)6-7-16-13/h1-3,6-7,10,16,19H,4-5,8-9H2. The highest BCUT2D eigenvalue weighted by molar-refractivity contribution is 6.06. The molecule has 2 heterocycles. The Balaban J connectivity index is 1.60. The summed E-state index contributed by atoms with van der Waals surface area (Å²) in [6, 6.07) is 7.63. The maximum atomic E-state index is 12.5. The molecule has 2 aliphatic rings. The van der Waals surface area contributed by atoms with E-state index in [1.165, 1.54) is 0 Å². The van der Waals surface area contributed by atoms with Crippen molar-refractivity contribution in [2.24, 2.45) is 5.92 Å². The SMILES string of the molecule is O=C(c1cccc2[nH]ccc12)N1CC(O)(C2CC2)C1. The van der Waals surface area contributed by atoms with E-state index in [0.717, 1.165) is 29.3 Å². The van der Waals surface area contributed by atoms with Gasteiger partial charge in [0.05, 0.1) is 13.1 Å². The predicted molar refractivity (Wildman–Crippen MR) is 71.9 cm³/mol. The molecular formula is C15H16N2O2. The Bertz CT molecular complexity index is 651. The van der Waals surface area contributed by atoms with Crippen LogP contribution in [0, 0.1) is 5.92 Å². The number of β-amino-alcohol motifs (C(OH)–C–C–N with tert-alkyl or cyclic N) is 1. The smallest absolute Gasteiger partial charge is 0.254 e. The minimum atomic E-state index is -0.609. The zero-order chi connectivity index (χ0) is 13.0. The summed E-state index contributed by atoms with van der Waals surface area (Å²) in [5.41, 5.74) is 1.09. The van der Waals surface area contributed by atoms with Gasteiger partial charge in [-0.25, -0.2) is 0 Å². The highest BCUT2D eigenvalue weighted by Crippen LogP contribution is 2.44. The molecule has 2 fully saturated rings. The molecule has 1 aliphatic heterocycles. The Morgan fingerprint density at radius 2 is 2.11 bits per heavy atom. The van der Waals surface area contributed by atoms with Gasteiger partial charge in [0, 0.05) is 22.7 Å². The van der Waals surface area contributed by atoms with Crippen molar-refractivity contribution in [3.63, 3.8) is 0 Å². The Morgan fingerprint density at radius 3 is 2.84 bits per heavy atom. The van der Waals surface area contributed by atoms with Gasteiger partial charge in [0.25, 0.3) is 5.91 Å². The largest absolute Gasteiger partial charge is 0.386 e. The lowest BCUT2D eigenvalue weighted by atomic mass is 9.88. The van der Waals surface area contributed by atoms with E-state index in [-0.39, 0.29) is 5.91 Å². The van der Waals surface area contributed by atoms with Gasteiger partial charge in [0.2, 0.25) is 0 Å². The molecule has 0 radical (unpaired) electrons. The fraction of sp³-hybridized carbons (Fsp3) is 0.400. The first kappa shape index (κ1) is 11.1. The molecule has 1 amide bonds. The minimum Gasteiger partial charge on any atom is -0.386 e. The molecule has 1 saturated heterocycles. The number of H-pyrrole nitrogens is 1. The molecule has 19 heavy (non-hydrogen) atoms. The summed E-state index contributed by atoms with van der Waals surface area (Å²) in [6.45, 7) is 0.967. The molecule has 4 nitrogen and oxygen atoms in total. The van der Waals surface area contributed by atoms with E-state index in [2.05, 4.69) is 4.98 Å².